The molecule has 0 spiro atoms. The van der Waals surface area contributed by atoms with Gasteiger partial charge in [0.15, 0.2) is 0 Å². The number of aliphatic hydroxyl groups is 1. The minimum atomic E-state index is -0.896. The van der Waals surface area contributed by atoms with E-state index in [0.717, 1.165) is 0 Å². The molecule has 0 saturated carbocycles. The van der Waals surface area contributed by atoms with E-state index >= 15 is 0 Å². The van der Waals surface area contributed by atoms with Crippen molar-refractivity contribution < 1.29 is 9.90 Å². The van der Waals surface area contributed by atoms with Crippen molar-refractivity contribution in [3.05, 3.63) is 27.6 Å². The van der Waals surface area contributed by atoms with Crippen LogP contribution in [-0.4, -0.2) is 26.8 Å². The summed E-state index contributed by atoms with van der Waals surface area (Å²) in [5.41, 5.74) is 0.430. The average molecular weight is 265 g/mol. The Labute approximate surface area is 106 Å². The Bertz CT molecular complexity index is 690. The molecule has 0 radical (unpaired) electrons. The average Bonchev–Trinajstić information content (AvgIpc) is 2.86. The van der Waals surface area contributed by atoms with E-state index in [-0.39, 0.29) is 17.9 Å². The largest absolute Gasteiger partial charge is 0.374 e. The van der Waals surface area contributed by atoms with Crippen molar-refractivity contribution in [2.24, 2.45) is 0 Å². The molecule has 1 saturated heterocycles. The summed E-state index contributed by atoms with van der Waals surface area (Å²) in [4.78, 5) is 28.3. The van der Waals surface area contributed by atoms with E-state index in [9.17, 15) is 14.7 Å². The van der Waals surface area contributed by atoms with Crippen LogP contribution in [0.2, 0.25) is 0 Å². The van der Waals surface area contributed by atoms with Gasteiger partial charge in [-0.2, -0.15) is 0 Å². The van der Waals surface area contributed by atoms with Gasteiger partial charge in [0.25, 0.3) is 5.56 Å². The van der Waals surface area contributed by atoms with E-state index in [0.29, 0.717) is 16.0 Å². The molecule has 1 aliphatic rings. The molecular formula is C11H11N3O3S. The molecular weight excluding hydrogens is 254 g/mol. The number of amides is 1. The molecule has 6 nitrogen and oxygen atoms in total. The van der Waals surface area contributed by atoms with Crippen molar-refractivity contribution in [3.8, 4) is 0 Å². The number of hydrogen-bond donors (Lipinski definition) is 2. The van der Waals surface area contributed by atoms with E-state index in [1.54, 1.807) is 18.4 Å². The fraction of sp³-hybridized carbons (Fsp3) is 0.364. The van der Waals surface area contributed by atoms with Gasteiger partial charge in [-0.1, -0.05) is 0 Å². The van der Waals surface area contributed by atoms with Crippen LogP contribution < -0.4 is 10.9 Å². The fourth-order valence-electron chi connectivity index (χ4n) is 2.26. The summed E-state index contributed by atoms with van der Waals surface area (Å²) in [7, 11) is 0. The van der Waals surface area contributed by atoms with Gasteiger partial charge in [0, 0.05) is 6.42 Å². The molecule has 3 heterocycles. The van der Waals surface area contributed by atoms with Crippen LogP contribution >= 0.6 is 11.3 Å². The number of rotatable bonds is 1. The van der Waals surface area contributed by atoms with Gasteiger partial charge in [0.1, 0.15) is 22.8 Å². The van der Waals surface area contributed by atoms with E-state index in [2.05, 4.69) is 10.3 Å². The van der Waals surface area contributed by atoms with Gasteiger partial charge in [0.05, 0.1) is 5.52 Å². The zero-order chi connectivity index (χ0) is 12.9. The first-order valence-electron chi connectivity index (χ1n) is 5.52. The lowest BCUT2D eigenvalue weighted by Crippen LogP contribution is -2.32. The van der Waals surface area contributed by atoms with Gasteiger partial charge in [-0.05, 0) is 18.4 Å². The maximum atomic E-state index is 12.3. The molecule has 94 valence electrons. The molecule has 2 aromatic rings. The Morgan fingerprint density at radius 3 is 3.00 bits per heavy atom. The molecule has 1 amide bonds. The topological polar surface area (TPSA) is 84.2 Å². The van der Waals surface area contributed by atoms with E-state index in [1.807, 2.05) is 0 Å². The second-order valence-electron chi connectivity index (χ2n) is 4.25. The summed E-state index contributed by atoms with van der Waals surface area (Å²) in [6.07, 6.45) is -0.703. The van der Waals surface area contributed by atoms with Crippen LogP contribution in [0.15, 0.2) is 16.2 Å². The van der Waals surface area contributed by atoms with Gasteiger partial charge in [-0.3, -0.25) is 14.2 Å². The standard InChI is InChI=1S/C11H11N3O3S/c1-5-12-6-2-3-18-9(6)11(17)14(5)7-4-8(15)13-10(7)16/h2-3,7-8,15H,4H2,1H3,(H,13,16). The number of nitrogens with one attached hydrogen (secondary N) is 1. The van der Waals surface area contributed by atoms with Crippen LogP contribution in [0.4, 0.5) is 0 Å². The van der Waals surface area contributed by atoms with Crippen LogP contribution in [0.3, 0.4) is 0 Å². The predicted octanol–water partition coefficient (Wildman–Crippen LogP) is 0.146. The number of nitrogens with zero attached hydrogens (tertiary/aromatic N) is 2. The van der Waals surface area contributed by atoms with E-state index in [4.69, 9.17) is 0 Å². The molecule has 2 aromatic heterocycles. The number of carbonyl (C=O) groups excluding carboxylic acids is 1. The van der Waals surface area contributed by atoms with Gasteiger partial charge >= 0.3 is 0 Å². The molecule has 2 atom stereocenters. The summed E-state index contributed by atoms with van der Waals surface area (Å²) in [5.74, 6) is 0.144. The van der Waals surface area contributed by atoms with Crippen LogP contribution in [0.5, 0.6) is 0 Å². The Hall–Kier alpha value is -1.73. The number of aromatic nitrogens is 2. The number of hydrogen-bond acceptors (Lipinski definition) is 5. The molecule has 2 unspecified atom stereocenters. The van der Waals surface area contributed by atoms with Crippen molar-refractivity contribution in [2.75, 3.05) is 0 Å². The van der Waals surface area contributed by atoms with Gasteiger partial charge in [-0.25, -0.2) is 4.98 Å². The molecule has 0 aromatic carbocycles. The molecule has 18 heavy (non-hydrogen) atoms. The van der Waals surface area contributed by atoms with Crippen molar-refractivity contribution >= 4 is 27.5 Å². The summed E-state index contributed by atoms with van der Waals surface area (Å²) < 4.78 is 1.90. The third kappa shape index (κ3) is 1.55. The quantitative estimate of drug-likeness (QED) is 0.768. The minimum Gasteiger partial charge on any atom is -0.374 e. The van der Waals surface area contributed by atoms with Gasteiger partial charge in [-0.15, -0.1) is 11.3 Å². The molecule has 0 aliphatic carbocycles. The summed E-state index contributed by atoms with van der Waals surface area (Å²) in [6, 6.07) is 1.11. The predicted molar refractivity (Wildman–Crippen MR) is 66.4 cm³/mol. The highest BCUT2D eigenvalue weighted by molar-refractivity contribution is 7.17. The lowest BCUT2D eigenvalue weighted by molar-refractivity contribution is -0.122. The van der Waals surface area contributed by atoms with Crippen molar-refractivity contribution in [1.82, 2.24) is 14.9 Å². The van der Waals surface area contributed by atoms with Crippen LogP contribution in [0.25, 0.3) is 10.2 Å². The Balaban J connectivity index is 2.23. The van der Waals surface area contributed by atoms with E-state index in [1.165, 1.54) is 15.9 Å². The minimum absolute atomic E-state index is 0.193. The molecule has 3 rings (SSSR count). The highest BCUT2D eigenvalue weighted by atomic mass is 32.1. The first-order chi connectivity index (χ1) is 8.58. The van der Waals surface area contributed by atoms with Crippen molar-refractivity contribution in [3.63, 3.8) is 0 Å². The third-order valence-electron chi connectivity index (χ3n) is 3.06. The lowest BCUT2D eigenvalue weighted by Gasteiger charge is -2.13. The highest BCUT2D eigenvalue weighted by Gasteiger charge is 2.34. The Kier molecular flexibility index (Phi) is 2.46. The SMILES string of the molecule is Cc1nc2ccsc2c(=O)n1C1CC(O)NC1=O. The fourth-order valence-corrected chi connectivity index (χ4v) is 3.03. The third-order valence-corrected chi connectivity index (χ3v) is 3.95. The smallest absolute Gasteiger partial charge is 0.272 e. The normalized spacial score (nSPS) is 23.6. The van der Waals surface area contributed by atoms with Crippen LogP contribution in [0.1, 0.15) is 18.3 Å². The number of aliphatic hydroxyl groups excluding tert-OH is 1. The van der Waals surface area contributed by atoms with Crippen LogP contribution in [-0.2, 0) is 4.79 Å². The number of fused-ring (bicyclic) bond motifs is 1. The Morgan fingerprint density at radius 1 is 1.56 bits per heavy atom. The molecule has 1 aliphatic heterocycles. The van der Waals surface area contributed by atoms with Crippen LogP contribution in [0, 0.1) is 6.92 Å². The zero-order valence-electron chi connectivity index (χ0n) is 9.58. The lowest BCUT2D eigenvalue weighted by atomic mass is 10.2. The van der Waals surface area contributed by atoms with Gasteiger partial charge < -0.3 is 10.4 Å². The van der Waals surface area contributed by atoms with E-state index < -0.39 is 12.3 Å². The second kappa shape index (κ2) is 3.89. The maximum absolute atomic E-state index is 12.3. The van der Waals surface area contributed by atoms with Crippen molar-refractivity contribution in [1.29, 1.82) is 0 Å². The monoisotopic (exact) mass is 265 g/mol. The summed E-state index contributed by atoms with van der Waals surface area (Å²) >= 11 is 1.31. The maximum Gasteiger partial charge on any atom is 0.272 e. The number of thiophene rings is 1. The molecule has 1 fully saturated rings. The summed E-state index contributed by atoms with van der Waals surface area (Å²) in [5, 5.41) is 13.6. The molecule has 0 bridgehead atoms. The Morgan fingerprint density at radius 2 is 2.33 bits per heavy atom. The number of aryl methyl sites for hydroxylation is 1. The molecule has 2 N–H and O–H groups in total. The highest BCUT2D eigenvalue weighted by Crippen LogP contribution is 2.22. The van der Waals surface area contributed by atoms with Crippen molar-refractivity contribution in [2.45, 2.75) is 25.6 Å². The summed E-state index contributed by atoms with van der Waals surface area (Å²) in [6.45, 7) is 1.69. The zero-order valence-corrected chi connectivity index (χ0v) is 10.4. The number of carbonyl (C=O) groups is 1. The first-order valence-corrected chi connectivity index (χ1v) is 6.40. The second-order valence-corrected chi connectivity index (χ2v) is 5.16. The molecule has 7 heteroatoms. The van der Waals surface area contributed by atoms with Gasteiger partial charge in [0.2, 0.25) is 5.91 Å². The first kappa shape index (κ1) is 11.4.